The van der Waals surface area contributed by atoms with E-state index in [1.807, 2.05) is 0 Å². The molecule has 2 heterocycles. The molecule has 2 aromatic carbocycles. The largest absolute Gasteiger partial charge is 0.462 e. The standard InChI is InChI=1S/C28H20F12N2O6/c29-25(30,31)15-5-16(26(32,33)34)8-19(7-15)41-11-13(3-21(41)43)23(45)47-1-2-48-24(46)14-4-22(44)42(12-14)20-9-17(27(35,36)37)6-18(10-20)28(38,39)40/h5-10,13-14H,1-4,11-12H2. The van der Waals surface area contributed by atoms with Gasteiger partial charge in [0.2, 0.25) is 11.8 Å². The molecule has 0 bridgehead atoms. The van der Waals surface area contributed by atoms with Crippen LogP contribution in [0.4, 0.5) is 64.1 Å². The summed E-state index contributed by atoms with van der Waals surface area (Å²) in [6.07, 6.45) is -22.0. The lowest BCUT2D eigenvalue weighted by molar-refractivity contribution is -0.156. The van der Waals surface area contributed by atoms with Crippen molar-refractivity contribution in [3.05, 3.63) is 58.7 Å². The number of hydrogen-bond donors (Lipinski definition) is 0. The summed E-state index contributed by atoms with van der Waals surface area (Å²) in [4.78, 5) is 50.8. The number of alkyl halides is 12. The molecule has 8 nitrogen and oxygen atoms in total. The van der Waals surface area contributed by atoms with Gasteiger partial charge in [-0.25, -0.2) is 0 Å². The molecule has 2 unspecified atom stereocenters. The Morgan fingerprint density at radius 3 is 1.06 bits per heavy atom. The number of hydrogen-bond acceptors (Lipinski definition) is 6. The third-order valence-corrected chi connectivity index (χ3v) is 7.26. The number of carbonyl (C=O) groups excluding carboxylic acids is 4. The summed E-state index contributed by atoms with van der Waals surface area (Å²) in [7, 11) is 0. The Morgan fingerprint density at radius 1 is 0.542 bits per heavy atom. The van der Waals surface area contributed by atoms with Gasteiger partial charge in [0.1, 0.15) is 13.2 Å². The topological polar surface area (TPSA) is 93.2 Å². The van der Waals surface area contributed by atoms with E-state index in [4.69, 9.17) is 9.47 Å². The molecular weight excluding hydrogens is 688 g/mol. The SMILES string of the molecule is O=C(OCCOC(=O)C1CC(=O)N(c2cc(C(F)(F)F)cc(C(F)(F)F)c2)C1)C1CC(=O)N(c2cc(C(F)(F)F)cc(C(F)(F)F)c2)C1. The lowest BCUT2D eigenvalue weighted by atomic mass is 10.1. The van der Waals surface area contributed by atoms with Crippen LogP contribution >= 0.6 is 0 Å². The van der Waals surface area contributed by atoms with Crippen LogP contribution < -0.4 is 9.80 Å². The lowest BCUT2D eigenvalue weighted by Crippen LogP contribution is -2.28. The van der Waals surface area contributed by atoms with Gasteiger partial charge in [0, 0.05) is 37.3 Å². The first-order valence-electron chi connectivity index (χ1n) is 13.5. The quantitative estimate of drug-likeness (QED) is 0.192. The first-order chi connectivity index (χ1) is 21.9. The fourth-order valence-electron chi connectivity index (χ4n) is 4.94. The highest BCUT2D eigenvalue weighted by atomic mass is 19.4. The zero-order valence-electron chi connectivity index (χ0n) is 23.7. The Labute approximate surface area is 261 Å². The Hall–Kier alpha value is -4.52. The summed E-state index contributed by atoms with van der Waals surface area (Å²) in [5, 5.41) is 0. The summed E-state index contributed by atoms with van der Waals surface area (Å²) in [5.74, 6) is -6.84. The van der Waals surface area contributed by atoms with Crippen LogP contribution in [-0.4, -0.2) is 50.1 Å². The number of benzene rings is 2. The van der Waals surface area contributed by atoms with Crippen molar-refractivity contribution in [2.45, 2.75) is 37.5 Å². The zero-order chi connectivity index (χ0) is 36.0. The fraction of sp³-hybridized carbons (Fsp3) is 0.429. The van der Waals surface area contributed by atoms with E-state index in [1.165, 1.54) is 0 Å². The smallest absolute Gasteiger partial charge is 0.416 e. The average Bonchev–Trinajstić information content (AvgIpc) is 3.55. The highest BCUT2D eigenvalue weighted by Crippen LogP contribution is 2.41. The Kier molecular flexibility index (Phi) is 9.71. The van der Waals surface area contributed by atoms with Crippen LogP contribution in [0.25, 0.3) is 0 Å². The Balaban J connectivity index is 1.33. The summed E-state index contributed by atoms with van der Waals surface area (Å²) in [6, 6.07) is 1.00. The van der Waals surface area contributed by atoms with E-state index >= 15 is 0 Å². The lowest BCUT2D eigenvalue weighted by Gasteiger charge is -2.21. The van der Waals surface area contributed by atoms with E-state index in [1.54, 1.807) is 0 Å². The molecule has 0 aromatic heterocycles. The molecule has 0 spiro atoms. The van der Waals surface area contributed by atoms with Gasteiger partial charge in [-0.05, 0) is 36.4 Å². The molecule has 0 aliphatic carbocycles. The minimum Gasteiger partial charge on any atom is -0.462 e. The second-order valence-electron chi connectivity index (χ2n) is 10.7. The number of nitrogens with zero attached hydrogens (tertiary/aromatic N) is 2. The molecule has 20 heteroatoms. The number of rotatable bonds is 7. The van der Waals surface area contributed by atoms with E-state index in [-0.39, 0.29) is 12.1 Å². The van der Waals surface area contributed by atoms with Crippen LogP contribution in [0.1, 0.15) is 35.1 Å². The van der Waals surface area contributed by atoms with E-state index in [2.05, 4.69) is 0 Å². The normalized spacial score (nSPS) is 19.2. The number of amides is 2. The third-order valence-electron chi connectivity index (χ3n) is 7.26. The molecule has 48 heavy (non-hydrogen) atoms. The van der Waals surface area contributed by atoms with Crippen molar-refractivity contribution in [3.63, 3.8) is 0 Å². The molecule has 0 radical (unpaired) electrons. The zero-order valence-corrected chi connectivity index (χ0v) is 23.7. The maximum Gasteiger partial charge on any atom is 0.416 e. The van der Waals surface area contributed by atoms with Crippen LogP contribution in [0.2, 0.25) is 0 Å². The van der Waals surface area contributed by atoms with Crippen molar-refractivity contribution in [3.8, 4) is 0 Å². The maximum atomic E-state index is 13.2. The summed E-state index contributed by atoms with van der Waals surface area (Å²) >= 11 is 0. The molecule has 2 aliphatic heterocycles. The van der Waals surface area contributed by atoms with Gasteiger partial charge in [-0.15, -0.1) is 0 Å². The first kappa shape index (κ1) is 36.3. The number of anilines is 2. The molecular formula is C28H20F12N2O6. The van der Waals surface area contributed by atoms with E-state index in [0.717, 1.165) is 0 Å². The van der Waals surface area contributed by atoms with E-state index in [0.29, 0.717) is 34.1 Å². The van der Waals surface area contributed by atoms with Gasteiger partial charge in [0.25, 0.3) is 0 Å². The third kappa shape index (κ3) is 8.30. The average molecular weight is 708 g/mol. The van der Waals surface area contributed by atoms with Gasteiger partial charge in [0.15, 0.2) is 0 Å². The van der Waals surface area contributed by atoms with Gasteiger partial charge in [-0.1, -0.05) is 0 Å². The Bertz CT molecular complexity index is 1420. The second kappa shape index (κ2) is 12.8. The van der Waals surface area contributed by atoms with Crippen LogP contribution in [0.15, 0.2) is 36.4 Å². The predicted molar refractivity (Wildman–Crippen MR) is 136 cm³/mol. The van der Waals surface area contributed by atoms with Gasteiger partial charge in [0.05, 0.1) is 34.1 Å². The highest BCUT2D eigenvalue weighted by molar-refractivity contribution is 6.00. The highest BCUT2D eigenvalue weighted by Gasteiger charge is 2.43. The molecule has 0 N–H and O–H groups in total. The Morgan fingerprint density at radius 2 is 0.812 bits per heavy atom. The molecule has 2 atom stereocenters. The number of carbonyl (C=O) groups is 4. The first-order valence-corrected chi connectivity index (χ1v) is 13.5. The van der Waals surface area contributed by atoms with Crippen LogP contribution in [-0.2, 0) is 53.4 Å². The summed E-state index contributed by atoms with van der Waals surface area (Å²) in [6.45, 7) is -2.60. The van der Waals surface area contributed by atoms with Gasteiger partial charge >= 0.3 is 36.6 Å². The predicted octanol–water partition coefficient (Wildman–Crippen LogP) is 6.25. The number of esters is 2. The van der Waals surface area contributed by atoms with Gasteiger partial charge in [-0.2, -0.15) is 52.7 Å². The molecule has 2 aliphatic rings. The minimum atomic E-state index is -5.19. The maximum absolute atomic E-state index is 13.2. The molecule has 2 fully saturated rings. The monoisotopic (exact) mass is 708 g/mol. The van der Waals surface area contributed by atoms with Crippen molar-refractivity contribution >= 4 is 35.1 Å². The molecule has 0 saturated carbocycles. The van der Waals surface area contributed by atoms with Crippen LogP contribution in [0.3, 0.4) is 0 Å². The van der Waals surface area contributed by atoms with Crippen molar-refractivity contribution in [1.82, 2.24) is 0 Å². The molecule has 262 valence electrons. The fourth-order valence-corrected chi connectivity index (χ4v) is 4.94. The van der Waals surface area contributed by atoms with Crippen molar-refractivity contribution in [1.29, 1.82) is 0 Å². The van der Waals surface area contributed by atoms with Gasteiger partial charge in [-0.3, -0.25) is 19.2 Å². The molecule has 2 aromatic rings. The number of halogens is 12. The number of ether oxygens (including phenoxy) is 2. The van der Waals surface area contributed by atoms with Gasteiger partial charge < -0.3 is 19.3 Å². The second-order valence-corrected chi connectivity index (χ2v) is 10.7. The summed E-state index contributed by atoms with van der Waals surface area (Å²) < 4.78 is 168. The van der Waals surface area contributed by atoms with Crippen LogP contribution in [0, 0.1) is 11.8 Å². The summed E-state index contributed by atoms with van der Waals surface area (Å²) in [5.41, 5.74) is -8.23. The molecule has 2 amide bonds. The van der Waals surface area contributed by atoms with Crippen LogP contribution in [0.5, 0.6) is 0 Å². The van der Waals surface area contributed by atoms with Crippen molar-refractivity contribution in [2.75, 3.05) is 36.1 Å². The minimum absolute atomic E-state index is 0.134. The molecule has 2 saturated heterocycles. The van der Waals surface area contributed by atoms with E-state index in [9.17, 15) is 71.9 Å². The van der Waals surface area contributed by atoms with Crippen molar-refractivity contribution in [2.24, 2.45) is 11.8 Å². The van der Waals surface area contributed by atoms with E-state index < -0.39 is 133 Å². The molecule has 4 rings (SSSR count). The van der Waals surface area contributed by atoms with Crippen molar-refractivity contribution < 1.29 is 81.3 Å².